The lowest BCUT2D eigenvalue weighted by molar-refractivity contribution is 0.587. The summed E-state index contributed by atoms with van der Waals surface area (Å²) in [5.41, 5.74) is 2.83. The van der Waals surface area contributed by atoms with E-state index in [2.05, 4.69) is 36.1 Å². The molecule has 0 radical (unpaired) electrons. The minimum atomic E-state index is -3.91. The summed E-state index contributed by atoms with van der Waals surface area (Å²) in [7, 11) is -3.91. The van der Waals surface area contributed by atoms with Crippen LogP contribution in [0.1, 0.15) is 32.0 Å². The highest BCUT2D eigenvalue weighted by atomic mass is 32.2. The average Bonchev–Trinajstić information content (AvgIpc) is 3.10. The van der Waals surface area contributed by atoms with Gasteiger partial charge in [0.25, 0.3) is 10.0 Å². The zero-order valence-corrected chi connectivity index (χ0v) is 21.1. The largest absolute Gasteiger partial charge is 0.365 e. The highest BCUT2D eigenvalue weighted by Gasteiger charge is 2.28. The molecule has 0 saturated carbocycles. The van der Waals surface area contributed by atoms with Gasteiger partial charge in [0.1, 0.15) is 5.82 Å². The second-order valence-electron chi connectivity index (χ2n) is 9.58. The van der Waals surface area contributed by atoms with Gasteiger partial charge in [0.15, 0.2) is 11.5 Å². The topological polar surface area (TPSA) is 103 Å². The lowest BCUT2D eigenvalue weighted by Crippen LogP contribution is -2.27. The molecule has 0 spiro atoms. The van der Waals surface area contributed by atoms with Gasteiger partial charge in [0.2, 0.25) is 0 Å². The predicted molar refractivity (Wildman–Crippen MR) is 138 cm³/mol. The molecule has 0 aliphatic rings. The van der Waals surface area contributed by atoms with Crippen LogP contribution < -0.4 is 5.32 Å². The Balaban J connectivity index is 1.81. The van der Waals surface area contributed by atoms with Gasteiger partial charge in [0, 0.05) is 34.4 Å². The Labute approximate surface area is 204 Å². The molecule has 1 N–H and O–H groups in total. The van der Waals surface area contributed by atoms with E-state index in [9.17, 15) is 8.42 Å². The molecule has 0 saturated heterocycles. The molecule has 8 nitrogen and oxygen atoms in total. The van der Waals surface area contributed by atoms with Crippen LogP contribution >= 0.6 is 0 Å². The van der Waals surface area contributed by atoms with E-state index in [0.29, 0.717) is 39.4 Å². The van der Waals surface area contributed by atoms with Gasteiger partial charge >= 0.3 is 0 Å². The van der Waals surface area contributed by atoms with Gasteiger partial charge in [0.05, 0.1) is 22.2 Å². The van der Waals surface area contributed by atoms with Crippen LogP contribution in [0.2, 0.25) is 0 Å². The summed E-state index contributed by atoms with van der Waals surface area (Å²) in [6.45, 7) is 9.84. The highest BCUT2D eigenvalue weighted by molar-refractivity contribution is 7.90. The number of aromatic nitrogens is 5. The van der Waals surface area contributed by atoms with E-state index < -0.39 is 10.0 Å². The number of nitrogens with zero attached hydrogens (tertiary/aromatic N) is 5. The monoisotopic (exact) mass is 486 g/mol. The number of hydrogen-bond donors (Lipinski definition) is 1. The van der Waals surface area contributed by atoms with Crippen molar-refractivity contribution in [1.29, 1.82) is 0 Å². The van der Waals surface area contributed by atoms with Crippen molar-refractivity contribution in [2.24, 2.45) is 0 Å². The zero-order chi connectivity index (χ0) is 25.0. The van der Waals surface area contributed by atoms with Gasteiger partial charge in [-0.05, 0) is 65.0 Å². The fourth-order valence-corrected chi connectivity index (χ4v) is 5.66. The summed E-state index contributed by atoms with van der Waals surface area (Å²) in [6, 6.07) is 12.3. The van der Waals surface area contributed by atoms with Gasteiger partial charge in [-0.2, -0.15) is 0 Å². The lowest BCUT2D eigenvalue weighted by atomic mass is 10.1. The molecule has 0 bridgehead atoms. The number of benzene rings is 1. The number of hydrogen-bond acceptors (Lipinski definition) is 7. The zero-order valence-electron chi connectivity index (χ0n) is 20.2. The van der Waals surface area contributed by atoms with Crippen LogP contribution in [-0.2, 0) is 10.0 Å². The van der Waals surface area contributed by atoms with Crippen LogP contribution in [0.4, 0.5) is 5.82 Å². The van der Waals surface area contributed by atoms with Crippen molar-refractivity contribution in [1.82, 2.24) is 23.9 Å². The average molecular weight is 487 g/mol. The summed E-state index contributed by atoms with van der Waals surface area (Å²) in [6.07, 6.45) is 4.98. The van der Waals surface area contributed by atoms with Crippen molar-refractivity contribution in [3.05, 3.63) is 72.3 Å². The number of rotatable bonds is 4. The number of nitrogens with one attached hydrogen (secondary N) is 1. The SMILES string of the molecule is Cc1ccc(S(=O)(=O)n2c(C)c(-c3nc(NC(C)(C)C)c4ccncc4n3)c3cccnc32)cc1. The molecular formula is C26H26N6O2S. The van der Waals surface area contributed by atoms with Crippen molar-refractivity contribution in [2.45, 2.75) is 45.1 Å². The lowest BCUT2D eigenvalue weighted by Gasteiger charge is -2.22. The minimum absolute atomic E-state index is 0.194. The van der Waals surface area contributed by atoms with E-state index in [1.807, 2.05) is 19.1 Å². The maximum Gasteiger partial charge on any atom is 0.269 e. The molecule has 9 heteroatoms. The number of pyridine rings is 2. The van der Waals surface area contributed by atoms with Gasteiger partial charge < -0.3 is 5.32 Å². The van der Waals surface area contributed by atoms with Crippen molar-refractivity contribution in [3.63, 3.8) is 0 Å². The maximum atomic E-state index is 13.8. The van der Waals surface area contributed by atoms with E-state index in [1.165, 1.54) is 3.97 Å². The normalized spacial score (nSPS) is 12.4. The fraction of sp³-hybridized carbons (Fsp3) is 0.231. The van der Waals surface area contributed by atoms with Gasteiger partial charge in [-0.1, -0.05) is 17.7 Å². The summed E-state index contributed by atoms with van der Waals surface area (Å²) < 4.78 is 28.8. The second kappa shape index (κ2) is 8.13. The Morgan fingerprint density at radius 3 is 2.37 bits per heavy atom. The van der Waals surface area contributed by atoms with Crippen molar-refractivity contribution in [3.8, 4) is 11.4 Å². The molecule has 5 aromatic rings. The van der Waals surface area contributed by atoms with Gasteiger partial charge in [-0.15, -0.1) is 0 Å². The molecule has 0 aliphatic heterocycles. The Kier molecular flexibility index (Phi) is 5.32. The van der Waals surface area contributed by atoms with Crippen molar-refractivity contribution < 1.29 is 8.42 Å². The fourth-order valence-electron chi connectivity index (χ4n) is 4.14. The van der Waals surface area contributed by atoms with Crippen LogP contribution in [-0.4, -0.2) is 37.9 Å². The molecule has 0 fully saturated rings. The highest BCUT2D eigenvalue weighted by Crippen LogP contribution is 2.36. The summed E-state index contributed by atoms with van der Waals surface area (Å²) in [5, 5.41) is 4.95. The van der Waals surface area contributed by atoms with E-state index in [0.717, 1.165) is 10.9 Å². The minimum Gasteiger partial charge on any atom is -0.365 e. The third kappa shape index (κ3) is 4.01. The van der Waals surface area contributed by atoms with E-state index in [1.54, 1.807) is 55.8 Å². The van der Waals surface area contributed by atoms with E-state index >= 15 is 0 Å². The van der Waals surface area contributed by atoms with Crippen LogP contribution in [0, 0.1) is 13.8 Å². The van der Waals surface area contributed by atoms with E-state index in [-0.39, 0.29) is 10.4 Å². The molecule has 0 aliphatic carbocycles. The van der Waals surface area contributed by atoms with Crippen LogP contribution in [0.3, 0.4) is 0 Å². The third-order valence-corrected chi connectivity index (χ3v) is 7.49. The molecule has 1 aromatic carbocycles. The first-order valence-corrected chi connectivity index (χ1v) is 12.7. The summed E-state index contributed by atoms with van der Waals surface area (Å²) in [4.78, 5) is 18.5. The van der Waals surface area contributed by atoms with Crippen LogP contribution in [0.15, 0.2) is 66.0 Å². The van der Waals surface area contributed by atoms with Crippen LogP contribution in [0.25, 0.3) is 33.3 Å². The number of aryl methyl sites for hydroxylation is 1. The molecular weight excluding hydrogens is 460 g/mol. The predicted octanol–water partition coefficient (Wildman–Crippen LogP) is 5.11. The third-order valence-electron chi connectivity index (χ3n) is 5.69. The van der Waals surface area contributed by atoms with Crippen molar-refractivity contribution >= 4 is 37.8 Å². The molecule has 4 aromatic heterocycles. The quantitative estimate of drug-likeness (QED) is 0.377. The number of anilines is 1. The Morgan fingerprint density at radius 2 is 1.66 bits per heavy atom. The first-order chi connectivity index (χ1) is 16.6. The maximum absolute atomic E-state index is 13.8. The standard InChI is InChI=1S/C26H26N6O2S/c1-16-8-10-18(11-9-16)35(33,34)32-17(2)22(20-7-6-13-28-25(20)32)24-29-21-15-27-14-12-19(21)23(30-24)31-26(3,4)5/h6-15H,1-5H3,(H,29,30,31). The molecule has 178 valence electrons. The van der Waals surface area contributed by atoms with E-state index in [4.69, 9.17) is 9.97 Å². The second-order valence-corrected chi connectivity index (χ2v) is 11.4. The van der Waals surface area contributed by atoms with Gasteiger partial charge in [-0.25, -0.2) is 27.3 Å². The molecule has 35 heavy (non-hydrogen) atoms. The smallest absolute Gasteiger partial charge is 0.269 e. The Hall–Kier alpha value is -3.85. The molecule has 5 rings (SSSR count). The molecule has 0 atom stereocenters. The van der Waals surface area contributed by atoms with Gasteiger partial charge in [-0.3, -0.25) is 4.98 Å². The number of fused-ring (bicyclic) bond motifs is 2. The Bertz CT molecular complexity index is 1680. The summed E-state index contributed by atoms with van der Waals surface area (Å²) >= 11 is 0. The molecule has 4 heterocycles. The first-order valence-electron chi connectivity index (χ1n) is 11.2. The first kappa shape index (κ1) is 22.9. The van der Waals surface area contributed by atoms with Crippen molar-refractivity contribution in [2.75, 3.05) is 5.32 Å². The molecule has 0 amide bonds. The Morgan fingerprint density at radius 1 is 0.914 bits per heavy atom. The molecule has 0 unspecified atom stereocenters. The van der Waals surface area contributed by atoms with Crippen LogP contribution in [0.5, 0.6) is 0 Å². The summed E-state index contributed by atoms with van der Waals surface area (Å²) in [5.74, 6) is 1.07.